The maximum Gasteiger partial charge on any atom is 0.226 e. The van der Waals surface area contributed by atoms with Crippen LogP contribution in [0.3, 0.4) is 0 Å². The maximum atomic E-state index is 12.5. The smallest absolute Gasteiger partial charge is 0.226 e. The first-order valence-electron chi connectivity index (χ1n) is 10.3. The molecule has 0 saturated heterocycles. The summed E-state index contributed by atoms with van der Waals surface area (Å²) < 4.78 is 5.79. The van der Waals surface area contributed by atoms with E-state index in [9.17, 15) is 4.79 Å². The lowest BCUT2D eigenvalue weighted by atomic mass is 10.0. The van der Waals surface area contributed by atoms with Crippen LogP contribution in [0.4, 0.5) is 0 Å². The van der Waals surface area contributed by atoms with Gasteiger partial charge < -0.3 is 16.2 Å². The van der Waals surface area contributed by atoms with E-state index in [1.54, 1.807) is 6.07 Å². The van der Waals surface area contributed by atoms with Crippen molar-refractivity contribution in [1.29, 1.82) is 0 Å². The predicted molar refractivity (Wildman–Crippen MR) is 121 cm³/mol. The van der Waals surface area contributed by atoms with E-state index in [-0.39, 0.29) is 17.7 Å². The van der Waals surface area contributed by atoms with Crippen LogP contribution in [-0.2, 0) is 11.3 Å². The Morgan fingerprint density at radius 3 is 2.58 bits per heavy atom. The van der Waals surface area contributed by atoms with E-state index < -0.39 is 5.66 Å². The van der Waals surface area contributed by atoms with Gasteiger partial charge in [0.05, 0.1) is 13.2 Å². The highest BCUT2D eigenvalue weighted by Crippen LogP contribution is 2.20. The van der Waals surface area contributed by atoms with Gasteiger partial charge in [0.2, 0.25) is 11.9 Å². The second-order valence-electron chi connectivity index (χ2n) is 7.70. The summed E-state index contributed by atoms with van der Waals surface area (Å²) in [5, 5.41) is 1.44. The van der Waals surface area contributed by atoms with Gasteiger partial charge in [-0.15, -0.1) is 0 Å². The molecule has 31 heavy (non-hydrogen) atoms. The molecular weight excluding hydrogens is 394 g/mol. The number of ketones is 1. The molecule has 2 aromatic carbocycles. The van der Waals surface area contributed by atoms with Crippen molar-refractivity contribution in [2.24, 2.45) is 21.5 Å². The molecule has 0 unspecified atom stereocenters. The lowest BCUT2D eigenvalue weighted by Gasteiger charge is -2.36. The number of Topliss-reactive ketones (excluding diaryl/α,β-unsaturated/α-hetero) is 1. The maximum absolute atomic E-state index is 12.5. The average molecular weight is 424 g/mol. The van der Waals surface area contributed by atoms with E-state index in [1.165, 1.54) is 5.06 Å². The van der Waals surface area contributed by atoms with Crippen molar-refractivity contribution in [2.45, 2.75) is 38.8 Å². The summed E-state index contributed by atoms with van der Waals surface area (Å²) in [6, 6.07) is 17.3. The normalized spacial score (nSPS) is 15.2. The van der Waals surface area contributed by atoms with Crippen molar-refractivity contribution in [2.75, 3.05) is 13.2 Å². The van der Waals surface area contributed by atoms with Gasteiger partial charge in [-0.1, -0.05) is 42.5 Å². The zero-order valence-corrected chi connectivity index (χ0v) is 18.0. The van der Waals surface area contributed by atoms with Gasteiger partial charge in [-0.25, -0.2) is 4.99 Å². The largest absolute Gasteiger partial charge is 0.493 e. The van der Waals surface area contributed by atoms with Gasteiger partial charge in [-0.2, -0.15) is 10.1 Å². The van der Waals surface area contributed by atoms with Crippen molar-refractivity contribution in [3.63, 3.8) is 0 Å². The Kier molecular flexibility index (Phi) is 7.25. The molecule has 2 aromatic rings. The van der Waals surface area contributed by atoms with Crippen LogP contribution < -0.4 is 16.2 Å². The van der Waals surface area contributed by atoms with E-state index in [0.29, 0.717) is 37.4 Å². The highest BCUT2D eigenvalue weighted by Gasteiger charge is 2.32. The molecule has 8 heteroatoms. The Labute approximate surface area is 182 Å². The molecule has 3 rings (SSSR count). The molecule has 0 atom stereocenters. The third-order valence-electron chi connectivity index (χ3n) is 4.74. The lowest BCUT2D eigenvalue weighted by Crippen LogP contribution is -2.53. The van der Waals surface area contributed by atoms with Crippen molar-refractivity contribution in [3.8, 4) is 5.75 Å². The van der Waals surface area contributed by atoms with Crippen molar-refractivity contribution in [1.82, 2.24) is 5.06 Å². The number of nitrogens with two attached hydrogens (primary N) is 2. The number of aryl methyl sites for hydroxylation is 1. The second-order valence-corrected chi connectivity index (χ2v) is 7.70. The summed E-state index contributed by atoms with van der Waals surface area (Å²) in [6.07, 6.45) is 1.80. The Hall–Kier alpha value is -3.39. The third-order valence-corrected chi connectivity index (χ3v) is 4.74. The number of carbonyl (C=O) groups is 1. The molecule has 1 aliphatic rings. The first kappa shape index (κ1) is 22.3. The van der Waals surface area contributed by atoms with Crippen LogP contribution in [0.2, 0.25) is 0 Å². The number of carbonyl (C=O) groups excluding carboxylic acids is 1. The monoisotopic (exact) mass is 423 g/mol. The molecule has 0 saturated carbocycles. The summed E-state index contributed by atoms with van der Waals surface area (Å²) in [6.45, 7) is 4.46. The molecule has 8 nitrogen and oxygen atoms in total. The van der Waals surface area contributed by atoms with Crippen LogP contribution in [0, 0.1) is 0 Å². The van der Waals surface area contributed by atoms with Crippen molar-refractivity contribution < 1.29 is 14.4 Å². The molecule has 0 aromatic heterocycles. The summed E-state index contributed by atoms with van der Waals surface area (Å²) >= 11 is 0. The van der Waals surface area contributed by atoms with Gasteiger partial charge >= 0.3 is 0 Å². The fourth-order valence-corrected chi connectivity index (χ4v) is 3.23. The number of hydrogen-bond donors (Lipinski definition) is 2. The molecule has 164 valence electrons. The quantitative estimate of drug-likeness (QED) is 0.448. The molecule has 0 aliphatic carbocycles. The van der Waals surface area contributed by atoms with Crippen LogP contribution in [0.15, 0.2) is 64.6 Å². The van der Waals surface area contributed by atoms with Crippen LogP contribution >= 0.6 is 0 Å². The minimum absolute atomic E-state index is 0.0968. The number of rotatable bonds is 10. The fourth-order valence-electron chi connectivity index (χ4n) is 3.23. The van der Waals surface area contributed by atoms with E-state index in [0.717, 1.165) is 12.0 Å². The zero-order chi connectivity index (χ0) is 22.3. The number of nitrogens with zero attached hydrogens (tertiary/aromatic N) is 3. The Morgan fingerprint density at radius 2 is 1.84 bits per heavy atom. The Bertz CT molecular complexity index is 957. The predicted octanol–water partition coefficient (Wildman–Crippen LogP) is 2.88. The second kappa shape index (κ2) is 10.1. The summed E-state index contributed by atoms with van der Waals surface area (Å²) in [5.74, 6) is 1.05. The SMILES string of the molecule is CC1(C)N=C(N)N=C(N)N1OCCCOc1cccc(C(=O)CCc2ccccc2)c1. The standard InChI is InChI=1S/C23H29N5O3/c1-23(2)27-21(24)26-22(25)28(23)31-15-7-14-30-19-11-6-10-18(16-19)20(29)13-12-17-8-4-3-5-9-17/h3-6,8-11,16H,7,12-15H2,1-2H3,(H4,24,25,26,27). The van der Waals surface area contributed by atoms with Crippen LogP contribution in [0.25, 0.3) is 0 Å². The summed E-state index contributed by atoms with van der Waals surface area (Å²) in [7, 11) is 0. The lowest BCUT2D eigenvalue weighted by molar-refractivity contribution is -0.158. The zero-order valence-electron chi connectivity index (χ0n) is 18.0. The van der Waals surface area contributed by atoms with Crippen LogP contribution in [-0.4, -0.2) is 41.6 Å². The Morgan fingerprint density at radius 1 is 1.06 bits per heavy atom. The average Bonchev–Trinajstić information content (AvgIpc) is 2.73. The van der Waals surface area contributed by atoms with Crippen LogP contribution in [0.1, 0.15) is 42.6 Å². The molecule has 0 spiro atoms. The molecule has 0 bridgehead atoms. The minimum Gasteiger partial charge on any atom is -0.493 e. The van der Waals surface area contributed by atoms with Gasteiger partial charge in [-0.05, 0) is 38.0 Å². The van der Waals surface area contributed by atoms with E-state index >= 15 is 0 Å². The number of hydroxylamine groups is 2. The highest BCUT2D eigenvalue weighted by molar-refractivity contribution is 5.96. The van der Waals surface area contributed by atoms with Gasteiger partial charge in [0, 0.05) is 18.4 Å². The van der Waals surface area contributed by atoms with Crippen molar-refractivity contribution in [3.05, 3.63) is 65.7 Å². The fraction of sp³-hybridized carbons (Fsp3) is 0.348. The third kappa shape index (κ3) is 6.29. The molecule has 1 aliphatic heterocycles. The molecule has 0 radical (unpaired) electrons. The van der Waals surface area contributed by atoms with Gasteiger partial charge in [-0.3, -0.25) is 9.63 Å². The molecule has 4 N–H and O–H groups in total. The molecular formula is C23H29N5O3. The highest BCUT2D eigenvalue weighted by atomic mass is 16.7. The molecule has 1 heterocycles. The first-order valence-corrected chi connectivity index (χ1v) is 10.3. The number of hydrogen-bond acceptors (Lipinski definition) is 8. The first-order chi connectivity index (χ1) is 14.8. The number of guanidine groups is 2. The number of benzene rings is 2. The topological polar surface area (TPSA) is 116 Å². The van der Waals surface area contributed by atoms with Crippen molar-refractivity contribution >= 4 is 17.7 Å². The number of aliphatic imine (C=N–C) groups is 2. The van der Waals surface area contributed by atoms with E-state index in [2.05, 4.69) is 9.98 Å². The van der Waals surface area contributed by atoms with Gasteiger partial charge in [0.15, 0.2) is 11.4 Å². The minimum atomic E-state index is -0.731. The summed E-state index contributed by atoms with van der Waals surface area (Å²) in [4.78, 5) is 26.4. The number of ether oxygens (including phenoxy) is 1. The van der Waals surface area contributed by atoms with E-state index in [4.69, 9.17) is 21.0 Å². The Balaban J connectivity index is 1.43. The van der Waals surface area contributed by atoms with Gasteiger partial charge in [0.25, 0.3) is 0 Å². The molecule has 0 amide bonds. The summed E-state index contributed by atoms with van der Waals surface area (Å²) in [5.41, 5.74) is 12.6. The van der Waals surface area contributed by atoms with Gasteiger partial charge in [0.1, 0.15) is 5.75 Å². The van der Waals surface area contributed by atoms with Crippen LogP contribution in [0.5, 0.6) is 5.75 Å². The van der Waals surface area contributed by atoms with E-state index in [1.807, 2.05) is 62.4 Å². The molecule has 0 fully saturated rings.